The minimum Gasteiger partial charge on any atom is -0.493 e. The normalized spacial score (nSPS) is 10.7. The molecule has 0 N–H and O–H groups in total. The smallest absolute Gasteiger partial charge is 0.127 e. The minimum absolute atomic E-state index is 0.721. The van der Waals surface area contributed by atoms with E-state index in [0.29, 0.717) is 0 Å². The molecule has 0 atom stereocenters. The highest BCUT2D eigenvalue weighted by Crippen LogP contribution is 2.42. The molecule has 3 rings (SSSR count). The number of hydrogen-bond donors (Lipinski definition) is 0. The van der Waals surface area contributed by atoms with Gasteiger partial charge in [0.15, 0.2) is 0 Å². The number of ether oxygens (including phenoxy) is 2. The molecule has 0 aliphatic heterocycles. The van der Waals surface area contributed by atoms with Crippen molar-refractivity contribution in [3.05, 3.63) is 79.2 Å². The summed E-state index contributed by atoms with van der Waals surface area (Å²) in [6.07, 6.45) is 4.32. The fraction of sp³-hybridized carbons (Fsp3) is 0.296. The fourth-order valence-electron chi connectivity index (χ4n) is 3.41. The molecule has 2 nitrogen and oxygen atoms in total. The first-order chi connectivity index (χ1) is 14.3. The third-order valence-electron chi connectivity index (χ3n) is 5.00. The molecule has 0 saturated heterocycles. The molecule has 151 valence electrons. The van der Waals surface area contributed by atoms with Crippen LogP contribution in [0.5, 0.6) is 11.5 Å². The first-order valence-electron chi connectivity index (χ1n) is 10.7. The molecule has 0 unspecified atom stereocenters. The van der Waals surface area contributed by atoms with Crippen molar-refractivity contribution in [3.8, 4) is 33.8 Å². The Hall–Kier alpha value is -2.74. The van der Waals surface area contributed by atoms with E-state index in [4.69, 9.17) is 9.47 Å². The summed E-state index contributed by atoms with van der Waals surface area (Å²) in [5, 5.41) is 0. The lowest BCUT2D eigenvalue weighted by atomic mass is 9.90. The second-order valence-electron chi connectivity index (χ2n) is 7.24. The molecule has 0 amide bonds. The third-order valence-corrected chi connectivity index (χ3v) is 5.00. The quantitative estimate of drug-likeness (QED) is 0.334. The first kappa shape index (κ1) is 21.0. The summed E-state index contributed by atoms with van der Waals surface area (Å²) in [5.41, 5.74) is 5.37. The van der Waals surface area contributed by atoms with Gasteiger partial charge in [0.05, 0.1) is 13.2 Å². The zero-order valence-corrected chi connectivity index (χ0v) is 17.6. The van der Waals surface area contributed by atoms with Gasteiger partial charge < -0.3 is 9.47 Å². The molecule has 3 aromatic rings. The van der Waals surface area contributed by atoms with Gasteiger partial charge >= 0.3 is 0 Å². The van der Waals surface area contributed by atoms with Gasteiger partial charge in [0.2, 0.25) is 0 Å². The van der Waals surface area contributed by atoms with Crippen LogP contribution >= 0.6 is 0 Å². The molecule has 1 radical (unpaired) electrons. The molecular weight excluding hydrogens is 356 g/mol. The Labute approximate surface area is 175 Å². The van der Waals surface area contributed by atoms with Crippen molar-refractivity contribution in [1.29, 1.82) is 0 Å². The van der Waals surface area contributed by atoms with Crippen molar-refractivity contribution in [2.45, 2.75) is 39.5 Å². The van der Waals surface area contributed by atoms with E-state index in [1.807, 2.05) is 24.3 Å². The minimum atomic E-state index is 0.721. The van der Waals surface area contributed by atoms with Gasteiger partial charge in [-0.3, -0.25) is 0 Å². The highest BCUT2D eigenvalue weighted by molar-refractivity contribution is 5.90. The van der Waals surface area contributed by atoms with E-state index in [1.165, 1.54) is 0 Å². The molecule has 0 aromatic heterocycles. The molecular formula is C27H31O2. The highest BCUT2D eigenvalue weighted by Gasteiger charge is 2.17. The lowest BCUT2D eigenvalue weighted by Gasteiger charge is -2.19. The predicted molar refractivity (Wildman–Crippen MR) is 123 cm³/mol. The molecule has 0 saturated carbocycles. The predicted octanol–water partition coefficient (Wildman–Crippen LogP) is 7.56. The maximum absolute atomic E-state index is 6.13. The van der Waals surface area contributed by atoms with Gasteiger partial charge in [-0.2, -0.15) is 0 Å². The van der Waals surface area contributed by atoms with Gasteiger partial charge in [-0.25, -0.2) is 0 Å². The summed E-state index contributed by atoms with van der Waals surface area (Å²) in [7, 11) is 0. The van der Waals surface area contributed by atoms with Crippen LogP contribution in [-0.4, -0.2) is 13.2 Å². The Balaban J connectivity index is 2.07. The molecule has 0 fully saturated rings. The summed E-state index contributed by atoms with van der Waals surface area (Å²) in [6.45, 7) is 10.1. The Bertz CT molecular complexity index is 914. The number of hydrogen-bond acceptors (Lipinski definition) is 2. The van der Waals surface area contributed by atoms with Crippen LogP contribution in [-0.2, 0) is 0 Å². The van der Waals surface area contributed by atoms with Gasteiger partial charge in [-0.1, -0.05) is 81.3 Å². The SMILES string of the molecule is [CH2]c1cccc(-c2ccccc2OCCCC)c1-c1ccccc1OCCCC. The Morgan fingerprint density at radius 3 is 1.76 bits per heavy atom. The summed E-state index contributed by atoms with van der Waals surface area (Å²) >= 11 is 0. The average molecular weight is 388 g/mol. The molecule has 0 bridgehead atoms. The Morgan fingerprint density at radius 2 is 1.14 bits per heavy atom. The maximum Gasteiger partial charge on any atom is 0.127 e. The average Bonchev–Trinajstić information content (AvgIpc) is 2.75. The molecule has 3 aromatic carbocycles. The number of unbranched alkanes of at least 4 members (excludes halogenated alkanes) is 2. The van der Waals surface area contributed by atoms with Crippen molar-refractivity contribution < 1.29 is 9.47 Å². The van der Waals surface area contributed by atoms with Gasteiger partial charge in [-0.15, -0.1) is 0 Å². The zero-order valence-electron chi connectivity index (χ0n) is 17.6. The van der Waals surface area contributed by atoms with Crippen LogP contribution in [0.25, 0.3) is 22.3 Å². The largest absolute Gasteiger partial charge is 0.493 e. The number of benzene rings is 3. The highest BCUT2D eigenvalue weighted by atomic mass is 16.5. The first-order valence-corrected chi connectivity index (χ1v) is 10.7. The molecule has 0 aliphatic rings. The van der Waals surface area contributed by atoms with E-state index >= 15 is 0 Å². The topological polar surface area (TPSA) is 18.5 Å². The summed E-state index contributed by atoms with van der Waals surface area (Å²) < 4.78 is 12.2. The van der Waals surface area contributed by atoms with Gasteiger partial charge in [0, 0.05) is 11.1 Å². The van der Waals surface area contributed by atoms with Crippen molar-refractivity contribution in [2.24, 2.45) is 0 Å². The van der Waals surface area contributed by atoms with Gasteiger partial charge in [-0.05, 0) is 48.6 Å². The molecule has 0 aliphatic carbocycles. The van der Waals surface area contributed by atoms with E-state index in [-0.39, 0.29) is 0 Å². The Kier molecular flexibility index (Phi) is 7.75. The van der Waals surface area contributed by atoms with Crippen molar-refractivity contribution >= 4 is 0 Å². The summed E-state index contributed by atoms with van der Waals surface area (Å²) in [5.74, 6) is 1.82. The Morgan fingerprint density at radius 1 is 0.621 bits per heavy atom. The third kappa shape index (κ3) is 5.20. The zero-order chi connectivity index (χ0) is 20.5. The van der Waals surface area contributed by atoms with Crippen molar-refractivity contribution in [2.75, 3.05) is 13.2 Å². The van der Waals surface area contributed by atoms with Gasteiger partial charge in [0.1, 0.15) is 11.5 Å². The van der Waals surface area contributed by atoms with E-state index in [1.54, 1.807) is 0 Å². The van der Waals surface area contributed by atoms with E-state index < -0.39 is 0 Å². The lowest BCUT2D eigenvalue weighted by Crippen LogP contribution is -2.01. The lowest BCUT2D eigenvalue weighted by molar-refractivity contribution is 0.310. The number of rotatable bonds is 10. The van der Waals surface area contributed by atoms with Crippen molar-refractivity contribution in [3.63, 3.8) is 0 Å². The van der Waals surface area contributed by atoms with Crippen LogP contribution in [0.1, 0.15) is 45.1 Å². The molecule has 2 heteroatoms. The second-order valence-corrected chi connectivity index (χ2v) is 7.24. The van der Waals surface area contributed by atoms with E-state index in [9.17, 15) is 0 Å². The fourth-order valence-corrected chi connectivity index (χ4v) is 3.41. The van der Waals surface area contributed by atoms with Crippen molar-refractivity contribution in [1.82, 2.24) is 0 Å². The van der Waals surface area contributed by atoms with Crippen LogP contribution in [0.2, 0.25) is 0 Å². The summed E-state index contributed by atoms with van der Waals surface area (Å²) in [4.78, 5) is 0. The van der Waals surface area contributed by atoms with Crippen LogP contribution < -0.4 is 9.47 Å². The monoisotopic (exact) mass is 387 g/mol. The standard InChI is InChI=1S/C27H31O2/c1-4-6-19-28-25-17-10-8-14-22(25)23-16-12-13-21(3)27(23)24-15-9-11-18-26(24)29-20-7-5-2/h8-18H,3-7,19-20H2,1-2H3. The second kappa shape index (κ2) is 10.7. The van der Waals surface area contributed by atoms with Crippen LogP contribution in [0.15, 0.2) is 66.7 Å². The van der Waals surface area contributed by atoms with E-state index in [0.717, 1.165) is 78.2 Å². The number of para-hydroxylation sites is 2. The van der Waals surface area contributed by atoms with Crippen LogP contribution in [0, 0.1) is 6.92 Å². The van der Waals surface area contributed by atoms with Crippen LogP contribution in [0.3, 0.4) is 0 Å². The summed E-state index contributed by atoms with van der Waals surface area (Å²) in [6, 6.07) is 22.8. The molecule has 0 heterocycles. The van der Waals surface area contributed by atoms with E-state index in [2.05, 4.69) is 63.2 Å². The van der Waals surface area contributed by atoms with Crippen LogP contribution in [0.4, 0.5) is 0 Å². The van der Waals surface area contributed by atoms with Gasteiger partial charge in [0.25, 0.3) is 0 Å². The molecule has 29 heavy (non-hydrogen) atoms. The molecule has 0 spiro atoms. The maximum atomic E-state index is 6.13.